The van der Waals surface area contributed by atoms with E-state index in [1.807, 2.05) is 0 Å². The quantitative estimate of drug-likeness (QED) is 0.692. The highest BCUT2D eigenvalue weighted by Crippen LogP contribution is 2.17. The van der Waals surface area contributed by atoms with Crippen molar-refractivity contribution in [2.24, 2.45) is 0 Å². The molecule has 1 fully saturated rings. The Morgan fingerprint density at radius 3 is 2.86 bits per heavy atom. The number of carbonyl (C=O) groups is 1. The van der Waals surface area contributed by atoms with Crippen LogP contribution in [0.25, 0.3) is 6.08 Å². The number of nitrogens with one attached hydrogen (secondary N) is 1. The summed E-state index contributed by atoms with van der Waals surface area (Å²) in [6.07, 6.45) is 7.12. The van der Waals surface area contributed by atoms with Crippen molar-refractivity contribution in [3.63, 3.8) is 0 Å². The summed E-state index contributed by atoms with van der Waals surface area (Å²) in [5.74, 6) is -1.42. The fourth-order valence-corrected chi connectivity index (χ4v) is 3.36. The summed E-state index contributed by atoms with van der Waals surface area (Å²) in [5.41, 5.74) is 1.20. The van der Waals surface area contributed by atoms with Crippen LogP contribution in [0.3, 0.4) is 0 Å². The van der Waals surface area contributed by atoms with E-state index in [1.165, 1.54) is 31.3 Å². The summed E-state index contributed by atoms with van der Waals surface area (Å²) in [7, 11) is 0. The molecule has 1 aliphatic rings. The van der Waals surface area contributed by atoms with Crippen molar-refractivity contribution >= 4 is 17.9 Å². The van der Waals surface area contributed by atoms with E-state index in [2.05, 4.69) is 20.2 Å². The molecular weight excluding hydrogens is 378 g/mol. The number of hydrogen-bond donors (Lipinski definition) is 2. The molecule has 0 saturated carbocycles. The molecule has 0 radical (unpaired) electrons. The SMILES string of the molecule is CC(=Cc1cnc(N[C@@H]2CCCN(CCc3ccc(F)cc3F)C2)cn1)C(=O)O. The molecule has 0 unspecified atom stereocenters. The van der Waals surface area contributed by atoms with Crippen LogP contribution in [-0.2, 0) is 11.2 Å². The number of aromatic nitrogens is 2. The van der Waals surface area contributed by atoms with Crippen LogP contribution < -0.4 is 5.32 Å². The molecular formula is C21H24F2N4O2. The standard InChI is InChI=1S/C21H24F2N4O2/c1-14(21(28)29)9-18-11-25-20(12-24-18)26-17-3-2-7-27(13-17)8-6-15-4-5-16(22)10-19(15)23/h4-5,9-12,17H,2-3,6-8,13H2,1H3,(H,25,26)(H,28,29)/t17-/m1/s1. The van der Waals surface area contributed by atoms with Crippen molar-refractivity contribution in [2.45, 2.75) is 32.2 Å². The zero-order valence-corrected chi connectivity index (χ0v) is 16.2. The highest BCUT2D eigenvalue weighted by molar-refractivity contribution is 5.91. The van der Waals surface area contributed by atoms with Crippen LogP contribution in [0.5, 0.6) is 0 Å². The number of likely N-dealkylation sites (tertiary alicyclic amines) is 1. The first-order valence-electron chi connectivity index (χ1n) is 9.57. The molecule has 1 aliphatic heterocycles. The van der Waals surface area contributed by atoms with Gasteiger partial charge in [0, 0.05) is 30.8 Å². The summed E-state index contributed by atoms with van der Waals surface area (Å²) in [4.78, 5) is 21.7. The van der Waals surface area contributed by atoms with Gasteiger partial charge in [-0.25, -0.2) is 18.6 Å². The fourth-order valence-electron chi connectivity index (χ4n) is 3.36. The van der Waals surface area contributed by atoms with Gasteiger partial charge in [0.05, 0.1) is 18.1 Å². The topological polar surface area (TPSA) is 78.4 Å². The second-order valence-electron chi connectivity index (χ2n) is 7.23. The Kier molecular flexibility index (Phi) is 6.87. The number of hydrogen-bond acceptors (Lipinski definition) is 5. The van der Waals surface area contributed by atoms with Gasteiger partial charge in [0.2, 0.25) is 0 Å². The molecule has 29 heavy (non-hydrogen) atoms. The monoisotopic (exact) mass is 402 g/mol. The van der Waals surface area contributed by atoms with Gasteiger partial charge >= 0.3 is 5.97 Å². The van der Waals surface area contributed by atoms with E-state index in [4.69, 9.17) is 5.11 Å². The van der Waals surface area contributed by atoms with Crippen molar-refractivity contribution < 1.29 is 18.7 Å². The normalized spacial score (nSPS) is 17.9. The maximum atomic E-state index is 13.8. The van der Waals surface area contributed by atoms with Crippen molar-refractivity contribution in [1.29, 1.82) is 0 Å². The van der Waals surface area contributed by atoms with Gasteiger partial charge < -0.3 is 15.3 Å². The Balaban J connectivity index is 1.53. The summed E-state index contributed by atoms with van der Waals surface area (Å²) in [6, 6.07) is 3.90. The van der Waals surface area contributed by atoms with Crippen LogP contribution in [0.4, 0.5) is 14.6 Å². The number of halogens is 2. The van der Waals surface area contributed by atoms with E-state index in [9.17, 15) is 13.6 Å². The highest BCUT2D eigenvalue weighted by Gasteiger charge is 2.20. The van der Waals surface area contributed by atoms with Crippen LogP contribution in [-0.4, -0.2) is 51.6 Å². The zero-order valence-electron chi connectivity index (χ0n) is 16.2. The highest BCUT2D eigenvalue weighted by atomic mass is 19.1. The first kappa shape index (κ1) is 20.9. The predicted molar refractivity (Wildman–Crippen MR) is 106 cm³/mol. The molecule has 8 heteroatoms. The lowest BCUT2D eigenvalue weighted by molar-refractivity contribution is -0.132. The van der Waals surface area contributed by atoms with Gasteiger partial charge in [-0.15, -0.1) is 0 Å². The van der Waals surface area contributed by atoms with Crippen molar-refractivity contribution in [2.75, 3.05) is 25.0 Å². The van der Waals surface area contributed by atoms with Crippen LogP contribution >= 0.6 is 0 Å². The Hall–Kier alpha value is -2.87. The van der Waals surface area contributed by atoms with Gasteiger partial charge in [-0.05, 0) is 50.4 Å². The van der Waals surface area contributed by atoms with Gasteiger partial charge in [-0.1, -0.05) is 6.07 Å². The summed E-state index contributed by atoms with van der Waals surface area (Å²) < 4.78 is 26.8. The fraction of sp³-hybridized carbons (Fsp3) is 0.381. The number of rotatable bonds is 7. The van der Waals surface area contributed by atoms with E-state index >= 15 is 0 Å². The van der Waals surface area contributed by atoms with Gasteiger partial charge in [0.15, 0.2) is 0 Å². The minimum atomic E-state index is -0.989. The smallest absolute Gasteiger partial charge is 0.331 e. The van der Waals surface area contributed by atoms with Crippen molar-refractivity contribution in [3.05, 3.63) is 59.1 Å². The van der Waals surface area contributed by atoms with E-state index in [0.29, 0.717) is 30.0 Å². The molecule has 1 aromatic heterocycles. The second-order valence-corrected chi connectivity index (χ2v) is 7.23. The lowest BCUT2D eigenvalue weighted by Gasteiger charge is -2.33. The Bertz CT molecular complexity index is 887. The van der Waals surface area contributed by atoms with E-state index in [0.717, 1.165) is 32.0 Å². The number of anilines is 1. The Morgan fingerprint density at radius 2 is 2.17 bits per heavy atom. The third-order valence-corrected chi connectivity index (χ3v) is 4.94. The van der Waals surface area contributed by atoms with Crippen LogP contribution in [0, 0.1) is 11.6 Å². The summed E-state index contributed by atoms with van der Waals surface area (Å²) in [5, 5.41) is 12.3. The minimum Gasteiger partial charge on any atom is -0.478 e. The van der Waals surface area contributed by atoms with E-state index in [-0.39, 0.29) is 11.6 Å². The molecule has 0 aliphatic carbocycles. The van der Waals surface area contributed by atoms with Gasteiger partial charge in [0.1, 0.15) is 17.5 Å². The number of piperidine rings is 1. The average molecular weight is 402 g/mol. The average Bonchev–Trinajstić information content (AvgIpc) is 2.69. The Labute approximate surface area is 168 Å². The van der Waals surface area contributed by atoms with Gasteiger partial charge in [0.25, 0.3) is 0 Å². The molecule has 2 aromatic rings. The molecule has 0 spiro atoms. The number of carboxylic acid groups (broad SMARTS) is 1. The van der Waals surface area contributed by atoms with Crippen LogP contribution in [0.2, 0.25) is 0 Å². The number of benzene rings is 1. The molecule has 1 atom stereocenters. The molecule has 0 amide bonds. The first-order chi connectivity index (χ1) is 13.9. The molecule has 154 valence electrons. The summed E-state index contributed by atoms with van der Waals surface area (Å²) >= 11 is 0. The van der Waals surface area contributed by atoms with Crippen molar-refractivity contribution in [1.82, 2.24) is 14.9 Å². The zero-order chi connectivity index (χ0) is 20.8. The third kappa shape index (κ3) is 6.05. The predicted octanol–water partition coefficient (Wildman–Crippen LogP) is 3.36. The maximum Gasteiger partial charge on any atom is 0.331 e. The van der Waals surface area contributed by atoms with Gasteiger partial charge in [-0.3, -0.25) is 4.98 Å². The largest absolute Gasteiger partial charge is 0.478 e. The van der Waals surface area contributed by atoms with Crippen molar-refractivity contribution in [3.8, 4) is 0 Å². The molecule has 0 bridgehead atoms. The number of aliphatic carboxylic acids is 1. The number of nitrogens with zero attached hydrogens (tertiary/aromatic N) is 3. The Morgan fingerprint density at radius 1 is 1.34 bits per heavy atom. The maximum absolute atomic E-state index is 13.8. The van der Waals surface area contributed by atoms with Crippen LogP contribution in [0.15, 0.2) is 36.2 Å². The minimum absolute atomic E-state index is 0.193. The molecule has 1 aromatic carbocycles. The molecule has 6 nitrogen and oxygen atoms in total. The first-order valence-corrected chi connectivity index (χ1v) is 9.57. The summed E-state index contributed by atoms with van der Waals surface area (Å²) in [6.45, 7) is 3.93. The van der Waals surface area contributed by atoms with E-state index < -0.39 is 17.6 Å². The lowest BCUT2D eigenvalue weighted by atomic mass is 10.0. The second kappa shape index (κ2) is 9.56. The number of carboxylic acids is 1. The molecule has 3 rings (SSSR count). The van der Waals surface area contributed by atoms with E-state index in [1.54, 1.807) is 6.20 Å². The molecule has 2 N–H and O–H groups in total. The molecule has 1 saturated heterocycles. The lowest BCUT2D eigenvalue weighted by Crippen LogP contribution is -2.43. The van der Waals surface area contributed by atoms with Gasteiger partial charge in [-0.2, -0.15) is 0 Å². The third-order valence-electron chi connectivity index (χ3n) is 4.94. The molecule has 2 heterocycles. The van der Waals surface area contributed by atoms with Crippen LogP contribution in [0.1, 0.15) is 31.0 Å².